The van der Waals surface area contributed by atoms with Gasteiger partial charge in [-0.15, -0.1) is 0 Å². The minimum atomic E-state index is -0.136. The minimum Gasteiger partial charge on any atom is -0.456 e. The predicted octanol–water partition coefficient (Wildman–Crippen LogP) is 15.0. The second kappa shape index (κ2) is 12.7. The Kier molecular flexibility index (Phi) is 7.64. The number of hydrogen-bond donors (Lipinski definition) is 0. The normalized spacial score (nSPS) is 14.9. The molecule has 0 saturated heterocycles. The standard InChI is InChI=1S/C55H48NO2/c1-7-10-13-34-15-20-41-45-31-46-44-29-37(19-24-50(44)57-53(46)32-52(45)58-51(41)26-34)38-17-22-40-42-27-36(18-23-47(42)54(5,6)48(40)30-38)35-16-21-39-33(4)55(8-2,9-3)56-25-12-11-14-49(56)43(39)28-35/h11-12,14-32H,4,7-10,13H2,1-3,5-6H3/q+1. The molecule has 0 atom stereocenters. The largest absolute Gasteiger partial charge is 0.456 e. The van der Waals surface area contributed by atoms with E-state index in [0.717, 1.165) is 63.1 Å². The number of nitrogens with zero attached hydrogens (tertiary/aromatic N) is 1. The predicted molar refractivity (Wildman–Crippen MR) is 241 cm³/mol. The fourth-order valence-corrected chi connectivity index (χ4v) is 10.6. The van der Waals surface area contributed by atoms with Gasteiger partial charge in [0.15, 0.2) is 11.7 Å². The summed E-state index contributed by atoms with van der Waals surface area (Å²) < 4.78 is 15.3. The molecule has 0 amide bonds. The Bertz CT molecular complexity index is 3180. The zero-order valence-electron chi connectivity index (χ0n) is 34.1. The van der Waals surface area contributed by atoms with Crippen LogP contribution in [-0.2, 0) is 17.4 Å². The molecule has 0 fully saturated rings. The molecule has 1 aliphatic heterocycles. The highest BCUT2D eigenvalue weighted by atomic mass is 16.3. The van der Waals surface area contributed by atoms with Crippen molar-refractivity contribution in [1.82, 2.24) is 0 Å². The number of pyridine rings is 1. The molecule has 2 aliphatic rings. The molecule has 11 rings (SSSR count). The average Bonchev–Trinajstić information content (AvgIpc) is 3.87. The summed E-state index contributed by atoms with van der Waals surface area (Å²) in [6.45, 7) is 16.2. The first-order chi connectivity index (χ1) is 28.2. The number of aromatic nitrogens is 1. The highest BCUT2D eigenvalue weighted by Gasteiger charge is 2.46. The summed E-state index contributed by atoms with van der Waals surface area (Å²) in [6.07, 6.45) is 7.70. The molecule has 6 aromatic carbocycles. The summed E-state index contributed by atoms with van der Waals surface area (Å²) in [5.74, 6) is 0. The number of furan rings is 2. The Morgan fingerprint density at radius 2 is 1.19 bits per heavy atom. The van der Waals surface area contributed by atoms with Crippen molar-refractivity contribution in [2.45, 2.75) is 77.7 Å². The lowest BCUT2D eigenvalue weighted by Crippen LogP contribution is -2.59. The van der Waals surface area contributed by atoms with Gasteiger partial charge in [-0.3, -0.25) is 0 Å². The number of rotatable bonds is 7. The van der Waals surface area contributed by atoms with Crippen LogP contribution in [-0.4, -0.2) is 0 Å². The van der Waals surface area contributed by atoms with Gasteiger partial charge in [-0.1, -0.05) is 102 Å². The van der Waals surface area contributed by atoms with E-state index in [-0.39, 0.29) is 11.0 Å². The van der Waals surface area contributed by atoms with Crippen LogP contribution in [0, 0.1) is 0 Å². The van der Waals surface area contributed by atoms with Crippen molar-refractivity contribution in [3.05, 3.63) is 156 Å². The number of aryl methyl sites for hydroxylation is 1. The molecule has 0 bridgehead atoms. The van der Waals surface area contributed by atoms with Crippen molar-refractivity contribution in [3.63, 3.8) is 0 Å². The van der Waals surface area contributed by atoms with Gasteiger partial charge in [0, 0.05) is 63.6 Å². The maximum absolute atomic E-state index is 6.43. The van der Waals surface area contributed by atoms with E-state index in [1.54, 1.807) is 0 Å². The number of fused-ring (bicyclic) bond motifs is 12. The topological polar surface area (TPSA) is 30.2 Å². The van der Waals surface area contributed by atoms with Crippen molar-refractivity contribution in [1.29, 1.82) is 0 Å². The quantitative estimate of drug-likeness (QED) is 0.152. The molecule has 284 valence electrons. The molecule has 3 nitrogen and oxygen atoms in total. The summed E-state index contributed by atoms with van der Waals surface area (Å²) in [5, 5.41) is 4.53. The summed E-state index contributed by atoms with van der Waals surface area (Å²) in [6, 6.07) is 45.4. The van der Waals surface area contributed by atoms with Crippen LogP contribution in [0.25, 0.3) is 94.1 Å². The number of unbranched alkanes of at least 4 members (excludes halogenated alkanes) is 1. The lowest BCUT2D eigenvalue weighted by Gasteiger charge is -2.34. The molecule has 1 aliphatic carbocycles. The average molecular weight is 755 g/mol. The van der Waals surface area contributed by atoms with Crippen LogP contribution in [0.3, 0.4) is 0 Å². The molecule has 9 aromatic rings. The first-order valence-corrected chi connectivity index (χ1v) is 21.2. The first-order valence-electron chi connectivity index (χ1n) is 21.2. The number of allylic oxidation sites excluding steroid dienone is 1. The van der Waals surface area contributed by atoms with Crippen molar-refractivity contribution >= 4 is 49.5 Å². The first kappa shape index (κ1) is 35.0. The number of benzene rings is 6. The fraction of sp³-hybridized carbons (Fsp3) is 0.218. The van der Waals surface area contributed by atoms with Crippen LogP contribution >= 0.6 is 0 Å². The Morgan fingerprint density at radius 3 is 1.98 bits per heavy atom. The SMILES string of the molecule is C=C1c2ccc(-c3ccc4c(c3)-c3ccc(-c5ccc6oc7cc8oc9cc(CCCC)ccc9c8cc7c6c5)cc3C4(C)C)cc2-c2cccc[n+]2C1(CC)CC. The highest BCUT2D eigenvalue weighted by Crippen LogP contribution is 2.52. The smallest absolute Gasteiger partial charge is 0.213 e. The molecule has 0 radical (unpaired) electrons. The Labute approximate surface area is 340 Å². The molecular formula is C55H48NO2+. The maximum atomic E-state index is 6.43. The van der Waals surface area contributed by atoms with Crippen molar-refractivity contribution < 1.29 is 13.4 Å². The molecule has 3 heteroatoms. The van der Waals surface area contributed by atoms with E-state index in [0.29, 0.717) is 0 Å². The van der Waals surface area contributed by atoms with Gasteiger partial charge in [-0.25, -0.2) is 0 Å². The molecule has 0 N–H and O–H groups in total. The van der Waals surface area contributed by atoms with Gasteiger partial charge in [-0.2, -0.15) is 4.57 Å². The van der Waals surface area contributed by atoms with E-state index in [9.17, 15) is 0 Å². The van der Waals surface area contributed by atoms with Gasteiger partial charge >= 0.3 is 0 Å². The third kappa shape index (κ3) is 4.89. The summed E-state index contributed by atoms with van der Waals surface area (Å²) in [7, 11) is 0. The van der Waals surface area contributed by atoms with Gasteiger partial charge in [0.05, 0.1) is 5.56 Å². The Hall–Kier alpha value is -6.19. The molecule has 0 spiro atoms. The van der Waals surface area contributed by atoms with Crippen LogP contribution in [0.15, 0.2) is 143 Å². The third-order valence-corrected chi connectivity index (χ3v) is 14.0. The zero-order chi connectivity index (χ0) is 39.5. The summed E-state index contributed by atoms with van der Waals surface area (Å²) >= 11 is 0. The van der Waals surface area contributed by atoms with Crippen LogP contribution < -0.4 is 4.57 Å². The van der Waals surface area contributed by atoms with Crippen LogP contribution in [0.5, 0.6) is 0 Å². The van der Waals surface area contributed by atoms with Gasteiger partial charge in [0.1, 0.15) is 22.3 Å². The van der Waals surface area contributed by atoms with Gasteiger partial charge in [0.2, 0.25) is 5.69 Å². The van der Waals surface area contributed by atoms with Crippen molar-refractivity contribution in [2.75, 3.05) is 0 Å². The van der Waals surface area contributed by atoms with Gasteiger partial charge < -0.3 is 8.83 Å². The van der Waals surface area contributed by atoms with Crippen LogP contribution in [0.1, 0.15) is 82.6 Å². The van der Waals surface area contributed by atoms with E-state index in [4.69, 9.17) is 15.4 Å². The van der Waals surface area contributed by atoms with E-state index < -0.39 is 0 Å². The third-order valence-electron chi connectivity index (χ3n) is 14.0. The molecule has 58 heavy (non-hydrogen) atoms. The van der Waals surface area contributed by atoms with Crippen molar-refractivity contribution in [3.8, 4) is 44.6 Å². The fourth-order valence-electron chi connectivity index (χ4n) is 10.6. The van der Waals surface area contributed by atoms with E-state index in [2.05, 4.69) is 167 Å². The second-order valence-electron chi connectivity index (χ2n) is 17.3. The van der Waals surface area contributed by atoms with Gasteiger partial charge in [0.25, 0.3) is 0 Å². The second-order valence-corrected chi connectivity index (χ2v) is 17.3. The van der Waals surface area contributed by atoms with Crippen LogP contribution in [0.4, 0.5) is 0 Å². The number of hydrogen-bond acceptors (Lipinski definition) is 2. The molecule has 4 heterocycles. The van der Waals surface area contributed by atoms with E-state index >= 15 is 0 Å². The molecule has 0 unspecified atom stereocenters. The Balaban J connectivity index is 0.965. The van der Waals surface area contributed by atoms with E-state index in [1.807, 2.05) is 0 Å². The molecule has 0 saturated carbocycles. The lowest BCUT2D eigenvalue weighted by atomic mass is 9.75. The van der Waals surface area contributed by atoms with Crippen molar-refractivity contribution in [2.24, 2.45) is 0 Å². The van der Waals surface area contributed by atoms with E-state index in [1.165, 1.54) is 85.3 Å². The monoisotopic (exact) mass is 754 g/mol. The van der Waals surface area contributed by atoms with Crippen LogP contribution in [0.2, 0.25) is 0 Å². The Morgan fingerprint density at radius 1 is 0.534 bits per heavy atom. The molecule has 3 aromatic heterocycles. The highest BCUT2D eigenvalue weighted by molar-refractivity contribution is 6.15. The summed E-state index contributed by atoms with van der Waals surface area (Å²) in [5.41, 5.74) is 19.9. The zero-order valence-corrected chi connectivity index (χ0v) is 34.1. The van der Waals surface area contributed by atoms with Gasteiger partial charge in [-0.05, 0) is 117 Å². The molecular weight excluding hydrogens is 707 g/mol. The minimum absolute atomic E-state index is 0.106. The maximum Gasteiger partial charge on any atom is 0.213 e. The lowest BCUT2D eigenvalue weighted by molar-refractivity contribution is -0.741. The summed E-state index contributed by atoms with van der Waals surface area (Å²) in [4.78, 5) is 0.